The van der Waals surface area contributed by atoms with E-state index in [2.05, 4.69) is 9.62 Å². The predicted octanol–water partition coefficient (Wildman–Crippen LogP) is 5.86. The van der Waals surface area contributed by atoms with Crippen molar-refractivity contribution in [2.45, 2.75) is 56.5 Å². The van der Waals surface area contributed by atoms with Crippen LogP contribution in [0.2, 0.25) is 0 Å². The van der Waals surface area contributed by atoms with Crippen molar-refractivity contribution >= 4 is 10.8 Å². The van der Waals surface area contributed by atoms with Crippen LogP contribution in [0.25, 0.3) is 0 Å². The summed E-state index contributed by atoms with van der Waals surface area (Å²) in [7, 11) is -1.73. The minimum atomic E-state index is -4.48. The predicted molar refractivity (Wildman–Crippen MR) is 121 cm³/mol. The van der Waals surface area contributed by atoms with Crippen molar-refractivity contribution in [2.24, 2.45) is 0 Å². The molecule has 0 amide bonds. The normalized spacial score (nSPS) is 20.7. The van der Waals surface area contributed by atoms with Gasteiger partial charge in [-0.1, -0.05) is 18.2 Å². The number of hydrogen-bond acceptors (Lipinski definition) is 5. The third-order valence-corrected chi connectivity index (χ3v) is 7.10. The van der Waals surface area contributed by atoms with Crippen LogP contribution in [-0.2, 0) is 16.9 Å². The van der Waals surface area contributed by atoms with Crippen LogP contribution in [0.3, 0.4) is 0 Å². The Morgan fingerprint density at radius 2 is 1.81 bits per heavy atom. The Morgan fingerprint density at radius 3 is 2.41 bits per heavy atom. The lowest BCUT2D eigenvalue weighted by Crippen LogP contribution is -2.35. The van der Waals surface area contributed by atoms with Gasteiger partial charge in [0.25, 0.3) is 0 Å². The van der Waals surface area contributed by atoms with Crippen LogP contribution in [0.1, 0.15) is 38.3 Å². The van der Waals surface area contributed by atoms with Crippen LogP contribution in [0.15, 0.2) is 53.4 Å². The van der Waals surface area contributed by atoms with Crippen LogP contribution < -0.4 is 9.46 Å². The van der Waals surface area contributed by atoms with E-state index in [4.69, 9.17) is 8.92 Å². The molecule has 32 heavy (non-hydrogen) atoms. The summed E-state index contributed by atoms with van der Waals surface area (Å²) in [5.74, 6) is 0.817. The molecule has 3 rings (SSSR count). The number of alkyl halides is 3. The topological polar surface area (TPSA) is 54.0 Å². The standard InChI is InChI=1S/C23H31F3N2O3S/c1-22(2,3)31-20-10-8-17(9-11-20)15-28-13-12-19(16-28)27-32(29,30-4)21-7-5-6-18(14-21)23(24,25)26/h5-11,14,19,27,29H,12-13,15-16H2,1-4H3. The van der Waals surface area contributed by atoms with E-state index < -0.39 is 22.5 Å². The lowest BCUT2D eigenvalue weighted by Gasteiger charge is -2.39. The molecule has 0 radical (unpaired) electrons. The van der Waals surface area contributed by atoms with E-state index in [0.29, 0.717) is 6.54 Å². The van der Waals surface area contributed by atoms with E-state index in [0.717, 1.165) is 43.0 Å². The van der Waals surface area contributed by atoms with Gasteiger partial charge in [0, 0.05) is 25.7 Å². The molecule has 178 valence electrons. The van der Waals surface area contributed by atoms with Crippen LogP contribution in [-0.4, -0.2) is 41.3 Å². The highest BCUT2D eigenvalue weighted by atomic mass is 32.3. The molecule has 2 aromatic rings. The molecule has 2 aromatic carbocycles. The average molecular weight is 473 g/mol. The largest absolute Gasteiger partial charge is 0.488 e. The molecular weight excluding hydrogens is 441 g/mol. The van der Waals surface area contributed by atoms with Crippen LogP contribution >= 0.6 is 10.8 Å². The molecule has 9 heteroatoms. The van der Waals surface area contributed by atoms with Gasteiger partial charge in [-0.15, -0.1) is 10.8 Å². The first-order valence-corrected chi connectivity index (χ1v) is 12.0. The molecule has 0 bridgehead atoms. The summed E-state index contributed by atoms with van der Waals surface area (Å²) in [6, 6.07) is 12.5. The maximum absolute atomic E-state index is 13.1. The third kappa shape index (κ3) is 6.62. The Morgan fingerprint density at radius 1 is 1.12 bits per heavy atom. The fraction of sp³-hybridized carbons (Fsp3) is 0.478. The molecule has 1 aliphatic rings. The van der Waals surface area contributed by atoms with E-state index in [1.165, 1.54) is 19.2 Å². The Bertz CT molecular complexity index is 903. The van der Waals surface area contributed by atoms with Gasteiger partial charge >= 0.3 is 6.18 Å². The smallest absolute Gasteiger partial charge is 0.416 e. The Balaban J connectivity index is 1.61. The zero-order valence-electron chi connectivity index (χ0n) is 18.8. The zero-order valence-corrected chi connectivity index (χ0v) is 19.6. The SMILES string of the molecule is COS(O)(NC1CCN(Cc2ccc(OC(C)(C)C)cc2)C1)c1cccc(C(F)(F)F)c1. The second-order valence-electron chi connectivity index (χ2n) is 8.92. The van der Waals surface area contributed by atoms with Gasteiger partial charge in [-0.3, -0.25) is 13.6 Å². The Hall–Kier alpha value is -1.78. The van der Waals surface area contributed by atoms with E-state index in [1.54, 1.807) is 0 Å². The molecule has 1 fully saturated rings. The van der Waals surface area contributed by atoms with Crippen molar-refractivity contribution in [1.82, 2.24) is 9.62 Å². The lowest BCUT2D eigenvalue weighted by atomic mass is 10.1. The first-order chi connectivity index (χ1) is 14.9. The third-order valence-electron chi connectivity index (χ3n) is 5.07. The van der Waals surface area contributed by atoms with E-state index in [1.807, 2.05) is 45.0 Å². The van der Waals surface area contributed by atoms with Crippen molar-refractivity contribution in [3.05, 3.63) is 59.7 Å². The molecule has 5 nitrogen and oxygen atoms in total. The maximum atomic E-state index is 13.1. The number of likely N-dealkylation sites (tertiary alicyclic amines) is 1. The Labute approximate surface area is 189 Å². The van der Waals surface area contributed by atoms with E-state index >= 15 is 0 Å². The molecule has 1 aliphatic heterocycles. The highest BCUT2D eigenvalue weighted by Crippen LogP contribution is 2.50. The molecule has 0 saturated carbocycles. The van der Waals surface area contributed by atoms with Crippen LogP contribution in [0, 0.1) is 0 Å². The summed E-state index contributed by atoms with van der Waals surface area (Å²) in [5, 5.41) is 0. The minimum Gasteiger partial charge on any atom is -0.488 e. The summed E-state index contributed by atoms with van der Waals surface area (Å²) < 4.78 is 64.4. The van der Waals surface area contributed by atoms with Crippen molar-refractivity contribution in [3.63, 3.8) is 0 Å². The number of nitrogens with zero attached hydrogens (tertiary/aromatic N) is 1. The fourth-order valence-corrected chi connectivity index (χ4v) is 5.25. The summed E-state index contributed by atoms with van der Waals surface area (Å²) in [4.78, 5) is 2.33. The Kier molecular flexibility index (Phi) is 7.46. The van der Waals surface area contributed by atoms with Gasteiger partial charge in [-0.25, -0.2) is 4.72 Å². The van der Waals surface area contributed by atoms with Crippen LogP contribution in [0.4, 0.5) is 13.2 Å². The van der Waals surface area contributed by atoms with Gasteiger partial charge < -0.3 is 4.74 Å². The van der Waals surface area contributed by atoms with Gasteiger partial charge in [-0.2, -0.15) is 13.2 Å². The van der Waals surface area contributed by atoms with E-state index in [-0.39, 0.29) is 16.5 Å². The molecule has 2 N–H and O–H groups in total. The highest BCUT2D eigenvalue weighted by molar-refractivity contribution is 8.23. The average Bonchev–Trinajstić information content (AvgIpc) is 3.14. The molecule has 0 aromatic heterocycles. The minimum absolute atomic E-state index is 0.0997. The van der Waals surface area contributed by atoms with Crippen molar-refractivity contribution < 1.29 is 26.6 Å². The first-order valence-electron chi connectivity index (χ1n) is 10.4. The highest BCUT2D eigenvalue weighted by Gasteiger charge is 2.33. The van der Waals surface area contributed by atoms with Gasteiger partial charge in [-0.05, 0) is 63.1 Å². The molecule has 0 aliphatic carbocycles. The number of benzene rings is 2. The van der Waals surface area contributed by atoms with Gasteiger partial charge in [0.1, 0.15) is 11.4 Å². The molecule has 1 saturated heterocycles. The number of ether oxygens (including phenoxy) is 1. The molecule has 2 atom stereocenters. The summed E-state index contributed by atoms with van der Waals surface area (Å²) >= 11 is 0. The number of rotatable bonds is 7. The van der Waals surface area contributed by atoms with Crippen molar-refractivity contribution in [2.75, 3.05) is 20.2 Å². The maximum Gasteiger partial charge on any atom is 0.416 e. The quantitative estimate of drug-likeness (QED) is 0.529. The second-order valence-corrected chi connectivity index (χ2v) is 11.0. The first kappa shape index (κ1) is 24.9. The molecule has 0 spiro atoms. The number of nitrogens with one attached hydrogen (secondary N) is 1. The van der Waals surface area contributed by atoms with E-state index in [9.17, 15) is 17.7 Å². The van der Waals surface area contributed by atoms with Crippen molar-refractivity contribution in [3.8, 4) is 5.75 Å². The summed E-state index contributed by atoms with van der Waals surface area (Å²) in [6.07, 6.45) is -3.73. The summed E-state index contributed by atoms with van der Waals surface area (Å²) in [5.41, 5.74) is 0.0703. The molecule has 2 unspecified atom stereocenters. The monoisotopic (exact) mass is 472 g/mol. The van der Waals surface area contributed by atoms with Crippen molar-refractivity contribution in [1.29, 1.82) is 0 Å². The lowest BCUT2D eigenvalue weighted by molar-refractivity contribution is -0.137. The summed E-state index contributed by atoms with van der Waals surface area (Å²) in [6.45, 7) is 8.19. The fourth-order valence-electron chi connectivity index (χ4n) is 3.63. The molecular formula is C23H31F3N2O3S. The second kappa shape index (κ2) is 9.61. The van der Waals surface area contributed by atoms with Crippen LogP contribution in [0.5, 0.6) is 5.75 Å². The zero-order chi connectivity index (χ0) is 23.6. The van der Waals surface area contributed by atoms with Gasteiger partial charge in [0.05, 0.1) is 17.6 Å². The van der Waals surface area contributed by atoms with Gasteiger partial charge in [0.15, 0.2) is 0 Å². The molecule has 1 heterocycles. The van der Waals surface area contributed by atoms with Gasteiger partial charge in [0.2, 0.25) is 0 Å². The number of halogens is 3. The number of hydrogen-bond donors (Lipinski definition) is 2.